The fraction of sp³-hybridized carbons (Fsp3) is 0.517. The van der Waals surface area contributed by atoms with Crippen molar-refractivity contribution < 1.29 is 37.0 Å². The number of carbonyl (C=O) groups is 2. The van der Waals surface area contributed by atoms with Crippen LogP contribution in [0.4, 0.5) is 0 Å². The summed E-state index contributed by atoms with van der Waals surface area (Å²) in [4.78, 5) is 30.3. The molecule has 2 aromatic rings. The van der Waals surface area contributed by atoms with Crippen LogP contribution < -0.4 is 14.8 Å². The maximum absolute atomic E-state index is 13.4. The van der Waals surface area contributed by atoms with Crippen molar-refractivity contribution in [3.63, 3.8) is 0 Å². The molecule has 1 N–H and O–H groups in total. The van der Waals surface area contributed by atoms with E-state index in [1.165, 1.54) is 33.5 Å². The monoisotopic (exact) mass is 604 g/mol. The second-order valence-electron chi connectivity index (χ2n) is 10.1. The van der Waals surface area contributed by atoms with Crippen LogP contribution in [-0.2, 0) is 35.6 Å². The Kier molecular flexibility index (Phi) is 11.5. The van der Waals surface area contributed by atoms with Gasteiger partial charge in [-0.1, -0.05) is 12.1 Å². The van der Waals surface area contributed by atoms with Crippen molar-refractivity contribution in [2.75, 3.05) is 79.4 Å². The fourth-order valence-corrected chi connectivity index (χ4v) is 6.10. The molecule has 0 aromatic heterocycles. The highest BCUT2D eigenvalue weighted by Crippen LogP contribution is 2.21. The molecule has 0 saturated carbocycles. The van der Waals surface area contributed by atoms with E-state index in [1.807, 2.05) is 12.1 Å². The van der Waals surface area contributed by atoms with Crippen LogP contribution in [0.25, 0.3) is 0 Å². The molecule has 0 aliphatic carbocycles. The van der Waals surface area contributed by atoms with Gasteiger partial charge in [-0.2, -0.15) is 4.31 Å². The first-order valence-electron chi connectivity index (χ1n) is 14.1. The summed E-state index contributed by atoms with van der Waals surface area (Å²) in [6.07, 6.45) is 0. The number of rotatable bonds is 13. The van der Waals surface area contributed by atoms with E-state index in [9.17, 15) is 18.0 Å². The molecule has 2 aromatic carbocycles. The van der Waals surface area contributed by atoms with E-state index in [0.29, 0.717) is 64.1 Å². The van der Waals surface area contributed by atoms with Gasteiger partial charge in [0.1, 0.15) is 17.5 Å². The van der Waals surface area contributed by atoms with Gasteiger partial charge in [-0.15, -0.1) is 0 Å². The predicted octanol–water partition coefficient (Wildman–Crippen LogP) is 0.961. The van der Waals surface area contributed by atoms with Crippen molar-refractivity contribution in [1.29, 1.82) is 0 Å². The van der Waals surface area contributed by atoms with Gasteiger partial charge in [0.25, 0.3) is 5.91 Å². The zero-order valence-electron chi connectivity index (χ0n) is 24.2. The van der Waals surface area contributed by atoms with Gasteiger partial charge >= 0.3 is 0 Å². The smallest absolute Gasteiger partial charge is 0.261 e. The molecule has 2 fully saturated rings. The molecule has 2 aliphatic rings. The number of hydrogen-bond donors (Lipinski definition) is 1. The molecule has 2 heterocycles. The number of morpholine rings is 2. The summed E-state index contributed by atoms with van der Waals surface area (Å²) in [6.45, 7) is 7.07. The van der Waals surface area contributed by atoms with E-state index in [0.717, 1.165) is 18.7 Å². The van der Waals surface area contributed by atoms with E-state index in [2.05, 4.69) is 10.2 Å². The average molecular weight is 605 g/mol. The third-order valence-corrected chi connectivity index (χ3v) is 9.22. The van der Waals surface area contributed by atoms with Gasteiger partial charge < -0.3 is 29.2 Å². The molecule has 2 amide bonds. The van der Waals surface area contributed by atoms with E-state index in [-0.39, 0.29) is 29.9 Å². The second-order valence-corrected chi connectivity index (χ2v) is 12.0. The molecular weight excluding hydrogens is 564 g/mol. The number of sulfonamides is 1. The highest BCUT2D eigenvalue weighted by atomic mass is 32.2. The lowest BCUT2D eigenvalue weighted by Crippen LogP contribution is -2.50. The lowest BCUT2D eigenvalue weighted by atomic mass is 10.1. The number of ether oxygens (including phenoxy) is 4. The Morgan fingerprint density at radius 3 is 2.14 bits per heavy atom. The van der Waals surface area contributed by atoms with Gasteiger partial charge in [0.05, 0.1) is 38.4 Å². The van der Waals surface area contributed by atoms with Crippen LogP contribution in [0.5, 0.6) is 11.5 Å². The third-order valence-electron chi connectivity index (χ3n) is 7.30. The number of amides is 2. The minimum atomic E-state index is -3.64. The van der Waals surface area contributed by atoms with Gasteiger partial charge in [-0.25, -0.2) is 8.42 Å². The first-order chi connectivity index (χ1) is 20.3. The summed E-state index contributed by atoms with van der Waals surface area (Å²) >= 11 is 0. The normalized spacial score (nSPS) is 17.3. The summed E-state index contributed by atoms with van der Waals surface area (Å²) in [7, 11) is -2.06. The lowest BCUT2D eigenvalue weighted by Gasteiger charge is -2.30. The summed E-state index contributed by atoms with van der Waals surface area (Å²) in [5.74, 6) is 0.388. The molecule has 230 valence electrons. The van der Waals surface area contributed by atoms with Crippen LogP contribution in [0.1, 0.15) is 12.5 Å². The Bertz CT molecular complexity index is 1260. The van der Waals surface area contributed by atoms with Crippen LogP contribution >= 0.6 is 0 Å². The number of benzene rings is 2. The zero-order chi connectivity index (χ0) is 30.0. The Balaban J connectivity index is 1.38. The standard InChI is InChI=1S/C29H40N4O8S/c1-23(29(35)30-11-12-31-13-17-39-18-14-31)33(21-24-3-5-25(38-2)6-4-24)28(34)22-41-26-7-9-27(10-8-26)42(36,37)32-15-19-40-20-16-32/h3-10,23H,11-22H2,1-2H3,(H,30,35)/t23-/m1/s1. The van der Waals surface area contributed by atoms with E-state index >= 15 is 0 Å². The number of methoxy groups -OCH3 is 1. The van der Waals surface area contributed by atoms with E-state index in [4.69, 9.17) is 18.9 Å². The van der Waals surface area contributed by atoms with Crippen LogP contribution in [0.3, 0.4) is 0 Å². The van der Waals surface area contributed by atoms with Gasteiger partial charge in [0.15, 0.2) is 6.61 Å². The molecule has 0 bridgehead atoms. The lowest BCUT2D eigenvalue weighted by molar-refractivity contribution is -0.142. The molecular formula is C29H40N4O8S. The summed E-state index contributed by atoms with van der Waals surface area (Å²) in [5.41, 5.74) is 0.829. The molecule has 2 aliphatic heterocycles. The molecule has 42 heavy (non-hydrogen) atoms. The van der Waals surface area contributed by atoms with Crippen LogP contribution in [0.15, 0.2) is 53.4 Å². The zero-order valence-corrected chi connectivity index (χ0v) is 25.0. The van der Waals surface area contributed by atoms with E-state index < -0.39 is 16.1 Å². The van der Waals surface area contributed by atoms with Crippen molar-refractivity contribution in [3.05, 3.63) is 54.1 Å². The molecule has 2 saturated heterocycles. The van der Waals surface area contributed by atoms with Gasteiger partial charge in [-0.3, -0.25) is 14.5 Å². The van der Waals surface area contributed by atoms with E-state index in [1.54, 1.807) is 26.2 Å². The maximum Gasteiger partial charge on any atom is 0.261 e. The molecule has 12 nitrogen and oxygen atoms in total. The van der Waals surface area contributed by atoms with Crippen molar-refractivity contribution in [3.8, 4) is 11.5 Å². The minimum absolute atomic E-state index is 0.145. The van der Waals surface area contributed by atoms with Crippen molar-refractivity contribution in [2.24, 2.45) is 0 Å². The third kappa shape index (κ3) is 8.65. The topological polar surface area (TPSA) is 127 Å². The molecule has 13 heteroatoms. The van der Waals surface area contributed by atoms with Crippen molar-refractivity contribution in [1.82, 2.24) is 19.4 Å². The first-order valence-corrected chi connectivity index (χ1v) is 15.5. The highest BCUT2D eigenvalue weighted by Gasteiger charge is 2.28. The highest BCUT2D eigenvalue weighted by molar-refractivity contribution is 7.89. The van der Waals surface area contributed by atoms with Gasteiger partial charge in [-0.05, 0) is 48.9 Å². The predicted molar refractivity (Wildman–Crippen MR) is 155 cm³/mol. The number of hydrogen-bond acceptors (Lipinski definition) is 9. The SMILES string of the molecule is COc1ccc(CN(C(=O)COc2ccc(S(=O)(=O)N3CCOCC3)cc2)[C@H](C)C(=O)NCCN2CCOCC2)cc1. The maximum atomic E-state index is 13.4. The second kappa shape index (κ2) is 15.3. The number of carbonyl (C=O) groups excluding carboxylic acids is 2. The Morgan fingerprint density at radius 2 is 1.52 bits per heavy atom. The molecule has 4 rings (SSSR count). The Labute approximate surface area is 247 Å². The largest absolute Gasteiger partial charge is 0.497 e. The van der Waals surface area contributed by atoms with Crippen LogP contribution in [0, 0.1) is 0 Å². The minimum Gasteiger partial charge on any atom is -0.497 e. The van der Waals surface area contributed by atoms with Crippen LogP contribution in [-0.4, -0.2) is 120 Å². The molecule has 0 radical (unpaired) electrons. The summed E-state index contributed by atoms with van der Waals surface area (Å²) in [6, 6.07) is 12.5. The number of nitrogens with one attached hydrogen (secondary N) is 1. The van der Waals surface area contributed by atoms with Gasteiger partial charge in [0.2, 0.25) is 15.9 Å². The summed E-state index contributed by atoms with van der Waals surface area (Å²) < 4.78 is 48.7. The van der Waals surface area contributed by atoms with Crippen molar-refractivity contribution >= 4 is 21.8 Å². The van der Waals surface area contributed by atoms with Crippen molar-refractivity contribution in [2.45, 2.75) is 24.4 Å². The summed E-state index contributed by atoms with van der Waals surface area (Å²) in [5, 5.41) is 2.95. The molecule has 0 unspecified atom stereocenters. The number of nitrogens with zero attached hydrogens (tertiary/aromatic N) is 3. The van der Waals surface area contributed by atoms with Gasteiger partial charge in [0, 0.05) is 45.8 Å². The van der Waals surface area contributed by atoms with Crippen LogP contribution in [0.2, 0.25) is 0 Å². The average Bonchev–Trinajstić information content (AvgIpc) is 3.03. The Morgan fingerprint density at radius 1 is 0.929 bits per heavy atom. The Hall–Kier alpha value is -3.23. The fourth-order valence-electron chi connectivity index (χ4n) is 4.69. The first kappa shape index (κ1) is 31.7. The molecule has 1 atom stereocenters. The quantitative estimate of drug-likeness (QED) is 0.356. The molecule has 0 spiro atoms.